The van der Waals surface area contributed by atoms with E-state index in [4.69, 9.17) is 14.3 Å². The van der Waals surface area contributed by atoms with Crippen LogP contribution in [0.2, 0.25) is 0 Å². The number of amides is 2. The van der Waals surface area contributed by atoms with Gasteiger partial charge in [-0.05, 0) is 44.2 Å². The van der Waals surface area contributed by atoms with Crippen LogP contribution in [0.15, 0.2) is 34.7 Å². The zero-order valence-electron chi connectivity index (χ0n) is 23.3. The Morgan fingerprint density at radius 2 is 1.66 bits per heavy atom. The number of cyclic esters (lactones) is 1. The van der Waals surface area contributed by atoms with E-state index < -0.39 is 23.7 Å². The molecule has 2 heterocycles. The molecule has 1 fully saturated rings. The van der Waals surface area contributed by atoms with Gasteiger partial charge in [-0.1, -0.05) is 82.2 Å². The fourth-order valence-electron chi connectivity index (χ4n) is 4.97. The molecule has 1 aromatic carbocycles. The van der Waals surface area contributed by atoms with Gasteiger partial charge in [0.2, 0.25) is 11.7 Å². The lowest BCUT2D eigenvalue weighted by molar-refractivity contribution is -0.132. The normalized spacial score (nSPS) is 16.2. The molecule has 38 heavy (non-hydrogen) atoms. The Balaban J connectivity index is 1.71. The van der Waals surface area contributed by atoms with E-state index in [0.717, 1.165) is 65.9 Å². The number of hydrogen-bond donors (Lipinski definition) is 1. The summed E-state index contributed by atoms with van der Waals surface area (Å²) in [5, 5.41) is 8.88. The van der Waals surface area contributed by atoms with Crippen LogP contribution >= 0.6 is 0 Å². The van der Waals surface area contributed by atoms with Crippen molar-refractivity contribution in [2.75, 3.05) is 13.2 Å². The summed E-state index contributed by atoms with van der Waals surface area (Å²) in [4.78, 5) is 40.0. The van der Waals surface area contributed by atoms with E-state index in [1.54, 1.807) is 6.07 Å². The van der Waals surface area contributed by atoms with E-state index in [0.29, 0.717) is 6.42 Å². The Hall–Kier alpha value is -2.93. The minimum atomic E-state index is -1.06. The van der Waals surface area contributed by atoms with Gasteiger partial charge in [-0.15, -0.1) is 0 Å². The molecule has 1 aliphatic rings. The second kappa shape index (κ2) is 14.3. The van der Waals surface area contributed by atoms with Crippen molar-refractivity contribution in [2.45, 2.75) is 91.5 Å². The molecule has 2 aromatic rings. The molecule has 0 bridgehead atoms. The maximum atomic E-state index is 13.4. The first-order valence-electron chi connectivity index (χ1n) is 14.1. The molecule has 208 valence electrons. The van der Waals surface area contributed by atoms with Crippen LogP contribution in [0.25, 0.3) is 11.1 Å². The highest BCUT2D eigenvalue weighted by Crippen LogP contribution is 2.31. The van der Waals surface area contributed by atoms with Gasteiger partial charge in [-0.25, -0.2) is 9.69 Å². The van der Waals surface area contributed by atoms with Crippen LogP contribution in [0.1, 0.15) is 94.0 Å². The number of ketones is 1. The standard InChI is InChI=1S/C31H43NO6/c1-21(2)26-20-37-31(36)32(26)30(35)23(4)29(34)28-19-25(24-15-13-14-22(3)18-24)27(38-28)16-11-9-7-5-6-8-10-12-17-33/h13-15,18-19,21,23,26,33H,5-12,16-17,20H2,1-4H3/t23-,26+/m0/s1. The first-order valence-corrected chi connectivity index (χ1v) is 14.1. The minimum absolute atomic E-state index is 0.0244. The number of aliphatic hydroxyl groups is 1. The van der Waals surface area contributed by atoms with Gasteiger partial charge in [-0.3, -0.25) is 9.59 Å². The number of ether oxygens (including phenoxy) is 1. The van der Waals surface area contributed by atoms with Crippen LogP contribution < -0.4 is 0 Å². The molecular weight excluding hydrogens is 482 g/mol. The Morgan fingerprint density at radius 1 is 1.00 bits per heavy atom. The van der Waals surface area contributed by atoms with Gasteiger partial charge in [0.25, 0.3) is 0 Å². The summed E-state index contributed by atoms with van der Waals surface area (Å²) in [6.45, 7) is 7.81. The van der Waals surface area contributed by atoms with Crippen molar-refractivity contribution >= 4 is 17.8 Å². The van der Waals surface area contributed by atoms with Gasteiger partial charge < -0.3 is 14.3 Å². The summed E-state index contributed by atoms with van der Waals surface area (Å²) in [6, 6.07) is 9.45. The van der Waals surface area contributed by atoms with Crippen molar-refractivity contribution in [3.63, 3.8) is 0 Å². The van der Waals surface area contributed by atoms with Crippen LogP contribution in [-0.4, -0.2) is 47.0 Å². The maximum absolute atomic E-state index is 13.4. The van der Waals surface area contributed by atoms with Crippen molar-refractivity contribution in [2.24, 2.45) is 11.8 Å². The second-order valence-corrected chi connectivity index (χ2v) is 10.8. The molecule has 1 aromatic heterocycles. The third kappa shape index (κ3) is 7.56. The number of imide groups is 1. The van der Waals surface area contributed by atoms with Gasteiger partial charge in [0.05, 0.1) is 6.04 Å². The Morgan fingerprint density at radius 3 is 2.29 bits per heavy atom. The molecule has 7 heteroatoms. The first-order chi connectivity index (χ1) is 18.2. The number of Topliss-reactive ketones (excluding diaryl/α,β-unsaturated/α-hetero) is 1. The topological polar surface area (TPSA) is 97.1 Å². The number of nitrogens with zero attached hydrogens (tertiary/aromatic N) is 1. The predicted octanol–water partition coefficient (Wildman–Crippen LogP) is 6.73. The zero-order chi connectivity index (χ0) is 27.7. The fraction of sp³-hybridized carbons (Fsp3) is 0.581. The smallest absolute Gasteiger partial charge is 0.417 e. The van der Waals surface area contributed by atoms with Crippen LogP contribution in [0, 0.1) is 18.8 Å². The quantitative estimate of drug-likeness (QED) is 0.157. The van der Waals surface area contributed by atoms with Crippen LogP contribution in [0.5, 0.6) is 0 Å². The number of benzene rings is 1. The lowest BCUT2D eigenvalue weighted by Gasteiger charge is -2.24. The Bertz CT molecular complexity index is 1090. The lowest BCUT2D eigenvalue weighted by Crippen LogP contribution is -2.45. The molecule has 0 radical (unpaired) electrons. The Labute approximate surface area is 226 Å². The predicted molar refractivity (Wildman–Crippen MR) is 147 cm³/mol. The van der Waals surface area contributed by atoms with E-state index in [1.807, 2.05) is 39.0 Å². The van der Waals surface area contributed by atoms with Gasteiger partial charge in [0.1, 0.15) is 18.3 Å². The van der Waals surface area contributed by atoms with Crippen molar-refractivity contribution < 1.29 is 28.6 Å². The van der Waals surface area contributed by atoms with Crippen molar-refractivity contribution in [1.29, 1.82) is 0 Å². The largest absolute Gasteiger partial charge is 0.457 e. The molecule has 1 N–H and O–H groups in total. The van der Waals surface area contributed by atoms with Crippen molar-refractivity contribution in [1.82, 2.24) is 4.90 Å². The maximum Gasteiger partial charge on any atom is 0.417 e. The van der Waals surface area contributed by atoms with Gasteiger partial charge >= 0.3 is 6.09 Å². The molecule has 2 atom stereocenters. The van der Waals surface area contributed by atoms with E-state index in [9.17, 15) is 14.4 Å². The second-order valence-electron chi connectivity index (χ2n) is 10.8. The average Bonchev–Trinajstić information content (AvgIpc) is 3.50. The van der Waals surface area contributed by atoms with E-state index >= 15 is 0 Å². The fourth-order valence-corrected chi connectivity index (χ4v) is 4.97. The summed E-state index contributed by atoms with van der Waals surface area (Å²) < 4.78 is 11.2. The summed E-state index contributed by atoms with van der Waals surface area (Å²) in [7, 11) is 0. The highest BCUT2D eigenvalue weighted by atomic mass is 16.6. The van der Waals surface area contributed by atoms with Crippen molar-refractivity contribution in [3.05, 3.63) is 47.4 Å². The number of carbonyl (C=O) groups excluding carboxylic acids is 3. The number of hydrogen-bond acceptors (Lipinski definition) is 6. The monoisotopic (exact) mass is 525 g/mol. The third-order valence-electron chi connectivity index (χ3n) is 7.37. The van der Waals surface area contributed by atoms with E-state index in [2.05, 4.69) is 6.07 Å². The molecule has 3 rings (SSSR count). The number of carbonyl (C=O) groups is 3. The van der Waals surface area contributed by atoms with E-state index in [1.165, 1.54) is 19.8 Å². The lowest BCUT2D eigenvalue weighted by atomic mass is 9.97. The molecule has 2 amide bonds. The minimum Gasteiger partial charge on any atom is -0.457 e. The van der Waals surface area contributed by atoms with Crippen molar-refractivity contribution in [3.8, 4) is 11.1 Å². The molecular formula is C31H43NO6. The average molecular weight is 526 g/mol. The molecule has 0 saturated carbocycles. The van der Waals surface area contributed by atoms with Gasteiger partial charge in [0, 0.05) is 18.6 Å². The molecule has 0 aliphatic carbocycles. The summed E-state index contributed by atoms with van der Waals surface area (Å²) >= 11 is 0. The van der Waals surface area contributed by atoms with Crippen LogP contribution in [0.3, 0.4) is 0 Å². The van der Waals surface area contributed by atoms with E-state index in [-0.39, 0.29) is 30.9 Å². The van der Waals surface area contributed by atoms with Gasteiger partial charge in [-0.2, -0.15) is 0 Å². The van der Waals surface area contributed by atoms with Crippen LogP contribution in [-0.2, 0) is 16.0 Å². The molecule has 0 unspecified atom stereocenters. The number of rotatable bonds is 15. The van der Waals surface area contributed by atoms with Gasteiger partial charge in [0.15, 0.2) is 5.76 Å². The number of aryl methyl sites for hydroxylation is 2. The summed E-state index contributed by atoms with van der Waals surface area (Å²) in [5.74, 6) is -1.11. The number of aliphatic hydroxyl groups excluding tert-OH is 1. The number of furan rings is 1. The Kier molecular flexibility index (Phi) is 11.1. The highest BCUT2D eigenvalue weighted by Gasteiger charge is 2.43. The summed E-state index contributed by atoms with van der Waals surface area (Å²) in [5.41, 5.74) is 2.97. The SMILES string of the molecule is Cc1cccc(-c2cc(C(=O)[C@H](C)C(=O)N3C(=O)OC[C@@H]3C(C)C)oc2CCCCCCCCCCO)c1. The molecule has 1 aliphatic heterocycles. The third-order valence-corrected chi connectivity index (χ3v) is 7.37. The first kappa shape index (κ1) is 29.6. The van der Waals surface area contributed by atoms with Crippen LogP contribution in [0.4, 0.5) is 4.79 Å². The highest BCUT2D eigenvalue weighted by molar-refractivity contribution is 6.12. The molecule has 0 spiro atoms. The molecule has 1 saturated heterocycles. The number of unbranched alkanes of at least 4 members (excludes halogenated alkanes) is 7. The zero-order valence-corrected chi connectivity index (χ0v) is 23.3. The summed E-state index contributed by atoms with van der Waals surface area (Å²) in [6.07, 6.45) is 8.64. The molecule has 7 nitrogen and oxygen atoms in total.